The van der Waals surface area contributed by atoms with Gasteiger partial charge in [0.1, 0.15) is 73.2 Å². The Morgan fingerprint density at radius 2 is 0.604 bits per heavy atom. The van der Waals surface area contributed by atoms with Gasteiger partial charge in [-0.05, 0) is 32.1 Å². The van der Waals surface area contributed by atoms with Crippen LogP contribution in [-0.2, 0) is 33.2 Å². The molecule has 106 heavy (non-hydrogen) atoms. The highest BCUT2D eigenvalue weighted by Gasteiger charge is 2.54. The van der Waals surface area contributed by atoms with Crippen LogP contribution in [0.2, 0.25) is 0 Å². The zero-order valence-corrected chi connectivity index (χ0v) is 67.4. The summed E-state index contributed by atoms with van der Waals surface area (Å²) >= 11 is 0. The van der Waals surface area contributed by atoms with Crippen LogP contribution in [0.3, 0.4) is 0 Å². The van der Waals surface area contributed by atoms with E-state index in [-0.39, 0.29) is 18.9 Å². The summed E-state index contributed by atoms with van der Waals surface area (Å²) in [5.74, 6) is -0.276. The molecule has 17 atom stereocenters. The number of carbonyl (C=O) groups is 1. The lowest BCUT2D eigenvalue weighted by Gasteiger charge is -2.48. The maximum atomic E-state index is 13.5. The van der Waals surface area contributed by atoms with E-state index in [1.807, 2.05) is 6.08 Å². The van der Waals surface area contributed by atoms with Crippen LogP contribution in [-0.4, -0.2) is 193 Å². The predicted octanol–water partition coefficient (Wildman–Crippen LogP) is 16.5. The highest BCUT2D eigenvalue weighted by molar-refractivity contribution is 5.76. The Kier molecular flexibility index (Phi) is 62.9. The number of ether oxygens (including phenoxy) is 6. The van der Waals surface area contributed by atoms with E-state index in [0.29, 0.717) is 12.8 Å². The highest BCUT2D eigenvalue weighted by atomic mass is 16.8. The first kappa shape index (κ1) is 98.5. The molecule has 19 heteroatoms. The van der Waals surface area contributed by atoms with E-state index in [9.17, 15) is 61.0 Å². The van der Waals surface area contributed by atoms with Crippen molar-refractivity contribution in [1.29, 1.82) is 0 Å². The van der Waals surface area contributed by atoms with Gasteiger partial charge in [0, 0.05) is 6.42 Å². The van der Waals surface area contributed by atoms with Crippen LogP contribution in [0.5, 0.6) is 0 Å². The zero-order valence-electron chi connectivity index (χ0n) is 67.4. The van der Waals surface area contributed by atoms with Gasteiger partial charge in [-0.15, -0.1) is 0 Å². The van der Waals surface area contributed by atoms with Crippen molar-refractivity contribution in [2.24, 2.45) is 0 Å². The van der Waals surface area contributed by atoms with Crippen molar-refractivity contribution in [3.8, 4) is 0 Å². The fourth-order valence-electron chi connectivity index (χ4n) is 15.4. The minimum atomic E-state index is -1.98. The molecule has 3 fully saturated rings. The van der Waals surface area contributed by atoms with Crippen molar-refractivity contribution in [3.63, 3.8) is 0 Å². The number of hydrogen-bond donors (Lipinski definition) is 12. The molecule has 0 spiro atoms. The van der Waals surface area contributed by atoms with Gasteiger partial charge in [0.05, 0.1) is 38.6 Å². The Hall–Kier alpha value is -1.73. The molecular weight excluding hydrogens is 1350 g/mol. The molecule has 0 saturated carbocycles. The Bertz CT molecular complexity index is 2000. The summed E-state index contributed by atoms with van der Waals surface area (Å²) in [6.45, 7) is 1.79. The number of unbranched alkanes of at least 4 members (excludes halogenated alkanes) is 55. The van der Waals surface area contributed by atoms with E-state index >= 15 is 0 Å². The third-order valence-electron chi connectivity index (χ3n) is 22.5. The van der Waals surface area contributed by atoms with Crippen molar-refractivity contribution in [2.45, 2.75) is 497 Å². The third-order valence-corrected chi connectivity index (χ3v) is 22.5. The largest absolute Gasteiger partial charge is 0.394 e. The van der Waals surface area contributed by atoms with Gasteiger partial charge in [0.2, 0.25) is 5.91 Å². The van der Waals surface area contributed by atoms with E-state index < -0.39 is 124 Å². The molecule has 3 aliphatic heterocycles. The molecule has 0 bridgehead atoms. The highest BCUT2D eigenvalue weighted by Crippen LogP contribution is 2.34. The standard InChI is InChI=1S/C87H165NO18/c1-3-5-7-9-11-13-15-17-19-21-23-25-27-29-30-31-32-33-34-35-36-37-38-39-41-43-45-47-49-51-53-55-57-59-61-63-65-75(93)88-70(71(92)64-62-60-58-56-54-52-50-48-46-44-42-40-28-26-24-22-20-18-16-14-12-10-8-6-4-2)69-101-85-81(99)78(96)83(73(67-90)103-85)106-87-82(100)79(97)84(74(68-91)104-87)105-86-80(98)77(95)76(94)72(66-89)102-86/h54,56,62,64,70-74,76-87,89-92,94-100H,3-53,55,57-61,63,65-69H2,1-2H3,(H,88,93)/b56-54+,64-62+. The van der Waals surface area contributed by atoms with Crippen molar-refractivity contribution < 1.29 is 89.4 Å². The quantitative estimate of drug-likeness (QED) is 0.0199. The summed E-state index contributed by atoms with van der Waals surface area (Å²) in [6, 6.07) is -0.989. The smallest absolute Gasteiger partial charge is 0.220 e. The Morgan fingerprint density at radius 1 is 0.330 bits per heavy atom. The van der Waals surface area contributed by atoms with Gasteiger partial charge in [-0.2, -0.15) is 0 Å². The second-order valence-electron chi connectivity index (χ2n) is 32.1. The zero-order chi connectivity index (χ0) is 76.7. The number of aliphatic hydroxyl groups is 11. The van der Waals surface area contributed by atoms with Crippen LogP contribution in [0.15, 0.2) is 24.3 Å². The number of aliphatic hydroxyl groups excluding tert-OH is 11. The summed E-state index contributed by atoms with van der Waals surface area (Å²) in [5.41, 5.74) is 0. The molecular formula is C87H165NO18. The number of hydrogen-bond acceptors (Lipinski definition) is 18. The summed E-state index contributed by atoms with van der Waals surface area (Å²) in [6.07, 6.45) is 57.8. The molecule has 0 aromatic carbocycles. The van der Waals surface area contributed by atoms with Gasteiger partial charge >= 0.3 is 0 Å². The molecule has 3 heterocycles. The van der Waals surface area contributed by atoms with Crippen LogP contribution in [0.1, 0.15) is 393 Å². The lowest BCUT2D eigenvalue weighted by atomic mass is 9.96. The van der Waals surface area contributed by atoms with Crippen LogP contribution in [0, 0.1) is 0 Å². The average Bonchev–Trinajstić information content (AvgIpc) is 0.781. The first-order valence-corrected chi connectivity index (χ1v) is 44.6. The van der Waals surface area contributed by atoms with E-state index in [1.165, 1.54) is 321 Å². The van der Waals surface area contributed by atoms with Crippen LogP contribution in [0.4, 0.5) is 0 Å². The lowest BCUT2D eigenvalue weighted by molar-refractivity contribution is -0.379. The first-order valence-electron chi connectivity index (χ1n) is 44.6. The van der Waals surface area contributed by atoms with Crippen LogP contribution < -0.4 is 5.32 Å². The molecule has 3 aliphatic rings. The van der Waals surface area contributed by atoms with Gasteiger partial charge in [0.15, 0.2) is 18.9 Å². The van der Waals surface area contributed by atoms with Crippen LogP contribution in [0.25, 0.3) is 0 Å². The average molecular weight is 1510 g/mol. The monoisotopic (exact) mass is 1510 g/mol. The molecule has 3 rings (SSSR count). The normalized spacial score (nSPS) is 25.7. The predicted molar refractivity (Wildman–Crippen MR) is 425 cm³/mol. The molecule has 626 valence electrons. The molecule has 0 aromatic heterocycles. The number of nitrogens with one attached hydrogen (secondary N) is 1. The van der Waals surface area contributed by atoms with Crippen molar-refractivity contribution in [1.82, 2.24) is 5.32 Å². The topological polar surface area (TPSA) is 307 Å². The second kappa shape index (κ2) is 67.7. The molecule has 19 nitrogen and oxygen atoms in total. The number of rotatable bonds is 73. The third kappa shape index (κ3) is 46.4. The molecule has 17 unspecified atom stereocenters. The number of allylic oxidation sites excluding steroid dienone is 3. The maximum Gasteiger partial charge on any atom is 0.220 e. The molecule has 3 saturated heterocycles. The maximum absolute atomic E-state index is 13.5. The fourth-order valence-corrected chi connectivity index (χ4v) is 15.4. The fraction of sp³-hybridized carbons (Fsp3) is 0.943. The van der Waals surface area contributed by atoms with Gasteiger partial charge in [-0.3, -0.25) is 4.79 Å². The van der Waals surface area contributed by atoms with Crippen LogP contribution >= 0.6 is 0 Å². The van der Waals surface area contributed by atoms with Crippen molar-refractivity contribution >= 4 is 5.91 Å². The number of amides is 1. The van der Waals surface area contributed by atoms with Crippen molar-refractivity contribution in [3.05, 3.63) is 24.3 Å². The minimum Gasteiger partial charge on any atom is -0.394 e. The molecule has 0 radical (unpaired) electrons. The summed E-state index contributed by atoms with van der Waals surface area (Å²) in [7, 11) is 0. The second-order valence-corrected chi connectivity index (χ2v) is 32.1. The Balaban J connectivity index is 1.32. The Morgan fingerprint density at radius 3 is 0.943 bits per heavy atom. The first-order chi connectivity index (χ1) is 51.8. The lowest BCUT2D eigenvalue weighted by Crippen LogP contribution is -2.66. The van der Waals surface area contributed by atoms with E-state index in [4.69, 9.17) is 28.4 Å². The van der Waals surface area contributed by atoms with Gasteiger partial charge < -0.3 is 89.9 Å². The molecule has 12 N–H and O–H groups in total. The molecule has 1 amide bonds. The minimum absolute atomic E-state index is 0.241. The molecule has 0 aromatic rings. The molecule has 0 aliphatic carbocycles. The van der Waals surface area contributed by atoms with Gasteiger partial charge in [-0.25, -0.2) is 0 Å². The summed E-state index contributed by atoms with van der Waals surface area (Å²) in [4.78, 5) is 13.5. The Labute approximate surface area is 645 Å². The van der Waals surface area contributed by atoms with E-state index in [1.54, 1.807) is 6.08 Å². The number of carbonyl (C=O) groups excluding carboxylic acids is 1. The SMILES string of the molecule is CCCCCCCCCCCCCCCCCCCCC/C=C/CC/C=C/C(O)C(COC1OC(CO)C(OC2OC(CO)C(OC3OC(CO)C(O)C(O)C3O)C(O)C2O)C(O)C1O)NC(=O)CCCCCCCCCCCCCCCCCCCCCCCCCCCCCCCCCCCCCC. The summed E-state index contributed by atoms with van der Waals surface area (Å²) < 4.78 is 34.5. The van der Waals surface area contributed by atoms with E-state index in [0.717, 1.165) is 38.5 Å². The van der Waals surface area contributed by atoms with Gasteiger partial charge in [-0.1, -0.05) is 378 Å². The van der Waals surface area contributed by atoms with Gasteiger partial charge in [0.25, 0.3) is 0 Å². The van der Waals surface area contributed by atoms with E-state index in [2.05, 4.69) is 31.3 Å². The summed E-state index contributed by atoms with van der Waals surface area (Å²) in [5, 5.41) is 121. The van der Waals surface area contributed by atoms with Crippen molar-refractivity contribution in [2.75, 3.05) is 26.4 Å².